The number of carbonyl (C=O) groups excluding carboxylic acids is 1. The van der Waals surface area contributed by atoms with Gasteiger partial charge in [-0.3, -0.25) is 10.2 Å². The lowest BCUT2D eigenvalue weighted by molar-refractivity contribution is -0.129. The van der Waals surface area contributed by atoms with Crippen molar-refractivity contribution in [3.63, 3.8) is 0 Å². The van der Waals surface area contributed by atoms with Gasteiger partial charge in [-0.1, -0.05) is 17.7 Å². The summed E-state index contributed by atoms with van der Waals surface area (Å²) >= 11 is 0. The predicted molar refractivity (Wildman–Crippen MR) is 94.9 cm³/mol. The highest BCUT2D eigenvalue weighted by Gasteiger charge is 2.51. The lowest BCUT2D eigenvalue weighted by Crippen LogP contribution is -2.50. The van der Waals surface area contributed by atoms with Crippen molar-refractivity contribution in [2.24, 2.45) is 23.2 Å². The average molecular weight is 362 g/mol. The van der Waals surface area contributed by atoms with Crippen LogP contribution < -0.4 is 10.3 Å². The summed E-state index contributed by atoms with van der Waals surface area (Å²) in [6, 6.07) is 6.57. The Labute approximate surface area is 149 Å². The summed E-state index contributed by atoms with van der Waals surface area (Å²) in [5.41, 5.74) is 3.53. The van der Waals surface area contributed by atoms with Gasteiger partial charge in [0.05, 0.1) is 4.90 Å². The van der Waals surface area contributed by atoms with Crippen LogP contribution in [0.3, 0.4) is 0 Å². The number of rotatable bonds is 5. The molecule has 4 fully saturated rings. The zero-order valence-corrected chi connectivity index (χ0v) is 15.4. The van der Waals surface area contributed by atoms with Crippen LogP contribution in [0.4, 0.5) is 0 Å². The van der Waals surface area contributed by atoms with E-state index in [4.69, 9.17) is 0 Å². The van der Waals surface area contributed by atoms with Crippen molar-refractivity contribution in [3.05, 3.63) is 29.8 Å². The van der Waals surface area contributed by atoms with Crippen LogP contribution in [-0.4, -0.2) is 14.3 Å². The van der Waals surface area contributed by atoms with Gasteiger partial charge < -0.3 is 0 Å². The highest BCUT2D eigenvalue weighted by molar-refractivity contribution is 7.89. The Hall–Kier alpha value is -1.40. The lowest BCUT2D eigenvalue weighted by atomic mass is 9.49. The minimum atomic E-state index is -3.72. The molecule has 0 aromatic heterocycles. The maximum Gasteiger partial charge on any atom is 0.257 e. The molecule has 5 rings (SSSR count). The fourth-order valence-electron chi connectivity index (χ4n) is 5.79. The molecule has 0 aliphatic heterocycles. The third-order valence-corrected chi connectivity index (χ3v) is 7.62. The molecule has 4 saturated carbocycles. The van der Waals surface area contributed by atoms with Gasteiger partial charge in [0.15, 0.2) is 0 Å². The first kappa shape index (κ1) is 17.0. The Morgan fingerprint density at radius 3 is 2.08 bits per heavy atom. The molecule has 0 spiro atoms. The third kappa shape index (κ3) is 3.47. The Morgan fingerprint density at radius 2 is 1.56 bits per heavy atom. The molecule has 4 aliphatic carbocycles. The molecule has 0 heterocycles. The lowest BCUT2D eigenvalue weighted by Gasteiger charge is -2.56. The van der Waals surface area contributed by atoms with Gasteiger partial charge in [-0.2, -0.15) is 0 Å². The Morgan fingerprint density at radius 1 is 1.04 bits per heavy atom. The summed E-state index contributed by atoms with van der Waals surface area (Å²) in [7, 11) is -3.72. The fraction of sp³-hybridized carbons (Fsp3) is 0.632. The number of amides is 1. The van der Waals surface area contributed by atoms with Crippen molar-refractivity contribution >= 4 is 15.9 Å². The molecule has 25 heavy (non-hydrogen) atoms. The SMILES string of the molecule is Cc1ccc(S(=O)(=O)NNC(=O)CC23CC4CC(CC(C4)C2)C3)cc1. The monoisotopic (exact) mass is 362 g/mol. The molecule has 5 nitrogen and oxygen atoms in total. The molecule has 6 heteroatoms. The van der Waals surface area contributed by atoms with Crippen LogP contribution in [-0.2, 0) is 14.8 Å². The van der Waals surface area contributed by atoms with Crippen molar-refractivity contribution in [3.8, 4) is 0 Å². The summed E-state index contributed by atoms with van der Waals surface area (Å²) in [6.07, 6.45) is 7.85. The van der Waals surface area contributed by atoms with E-state index in [0.717, 1.165) is 42.6 Å². The van der Waals surface area contributed by atoms with Crippen molar-refractivity contribution in [1.29, 1.82) is 0 Å². The van der Waals surface area contributed by atoms with E-state index in [1.165, 1.54) is 19.3 Å². The second kappa shape index (κ2) is 6.09. The molecule has 4 aliphatic rings. The molecular weight excluding hydrogens is 336 g/mol. The number of hydrazine groups is 1. The maximum atomic E-state index is 12.4. The number of hydrogen-bond acceptors (Lipinski definition) is 3. The van der Waals surface area contributed by atoms with E-state index in [9.17, 15) is 13.2 Å². The van der Waals surface area contributed by atoms with Crippen molar-refractivity contribution in [1.82, 2.24) is 10.3 Å². The van der Waals surface area contributed by atoms with E-state index in [0.29, 0.717) is 6.42 Å². The quantitative estimate of drug-likeness (QED) is 0.791. The fourth-order valence-corrected chi connectivity index (χ4v) is 6.65. The van der Waals surface area contributed by atoms with E-state index in [1.54, 1.807) is 24.3 Å². The van der Waals surface area contributed by atoms with Crippen LogP contribution in [0.1, 0.15) is 50.5 Å². The predicted octanol–water partition coefficient (Wildman–Crippen LogP) is 2.91. The molecule has 136 valence electrons. The van der Waals surface area contributed by atoms with Crippen LogP contribution in [0, 0.1) is 30.1 Å². The van der Waals surface area contributed by atoms with E-state index >= 15 is 0 Å². The molecule has 1 aromatic carbocycles. The van der Waals surface area contributed by atoms with Gasteiger partial charge in [0, 0.05) is 6.42 Å². The number of hydrogen-bond donors (Lipinski definition) is 2. The number of carbonyl (C=O) groups is 1. The summed E-state index contributed by atoms with van der Waals surface area (Å²) in [5, 5.41) is 0. The Balaban J connectivity index is 1.37. The standard InChI is InChI=1S/C19H26N2O3S/c1-13-2-4-17(5-3-13)25(23,24)21-20-18(22)12-19-9-14-6-15(10-19)8-16(7-14)11-19/h2-5,14-16,21H,6-12H2,1H3,(H,20,22). The molecule has 0 saturated heterocycles. The molecule has 1 aromatic rings. The van der Waals surface area contributed by atoms with E-state index in [1.807, 2.05) is 6.92 Å². The van der Waals surface area contributed by atoms with Crippen molar-refractivity contribution in [2.45, 2.75) is 56.8 Å². The summed E-state index contributed by atoms with van der Waals surface area (Å²) < 4.78 is 24.6. The first-order valence-electron chi connectivity index (χ1n) is 9.21. The van der Waals surface area contributed by atoms with Gasteiger partial charge in [-0.05, 0) is 80.8 Å². The van der Waals surface area contributed by atoms with Gasteiger partial charge in [0.25, 0.3) is 10.0 Å². The summed E-state index contributed by atoms with van der Waals surface area (Å²) in [5.74, 6) is 2.13. The van der Waals surface area contributed by atoms with Gasteiger partial charge in [0.2, 0.25) is 5.91 Å². The number of nitrogens with one attached hydrogen (secondary N) is 2. The molecule has 0 unspecified atom stereocenters. The number of sulfonamides is 1. The highest BCUT2D eigenvalue weighted by atomic mass is 32.2. The molecule has 2 N–H and O–H groups in total. The third-order valence-electron chi connectivity index (χ3n) is 6.36. The molecular formula is C19H26N2O3S. The van der Waals surface area contributed by atoms with Crippen LogP contribution in [0.25, 0.3) is 0 Å². The van der Waals surface area contributed by atoms with Crippen LogP contribution in [0.15, 0.2) is 29.2 Å². The van der Waals surface area contributed by atoms with E-state index in [-0.39, 0.29) is 16.2 Å². The number of aryl methyl sites for hydroxylation is 1. The molecule has 1 amide bonds. The van der Waals surface area contributed by atoms with Crippen LogP contribution in [0.5, 0.6) is 0 Å². The second-order valence-electron chi connectivity index (χ2n) is 8.56. The average Bonchev–Trinajstić information content (AvgIpc) is 2.52. The minimum Gasteiger partial charge on any atom is -0.278 e. The van der Waals surface area contributed by atoms with Crippen LogP contribution in [0.2, 0.25) is 0 Å². The van der Waals surface area contributed by atoms with Gasteiger partial charge in [-0.25, -0.2) is 8.42 Å². The normalized spacial score (nSPS) is 33.4. The topological polar surface area (TPSA) is 75.3 Å². The first-order chi connectivity index (χ1) is 11.8. The first-order valence-corrected chi connectivity index (χ1v) is 10.7. The van der Waals surface area contributed by atoms with Gasteiger partial charge in [-0.15, -0.1) is 4.83 Å². The van der Waals surface area contributed by atoms with E-state index < -0.39 is 10.0 Å². The van der Waals surface area contributed by atoms with Crippen molar-refractivity contribution < 1.29 is 13.2 Å². The summed E-state index contributed by atoms with van der Waals surface area (Å²) in [6.45, 7) is 1.90. The molecule has 0 atom stereocenters. The van der Waals surface area contributed by atoms with Gasteiger partial charge >= 0.3 is 0 Å². The zero-order chi connectivity index (χ0) is 17.7. The second-order valence-corrected chi connectivity index (χ2v) is 10.2. The summed E-state index contributed by atoms with van der Waals surface area (Å²) in [4.78, 5) is 14.8. The molecule has 4 bridgehead atoms. The largest absolute Gasteiger partial charge is 0.278 e. The maximum absolute atomic E-state index is 12.4. The number of benzene rings is 1. The van der Waals surface area contributed by atoms with E-state index in [2.05, 4.69) is 10.3 Å². The smallest absolute Gasteiger partial charge is 0.257 e. The Bertz CT molecular complexity index is 735. The van der Waals surface area contributed by atoms with Crippen molar-refractivity contribution in [2.75, 3.05) is 0 Å². The minimum absolute atomic E-state index is 0.105. The zero-order valence-electron chi connectivity index (χ0n) is 14.6. The Kier molecular flexibility index (Phi) is 4.15. The van der Waals surface area contributed by atoms with Crippen LogP contribution >= 0.6 is 0 Å². The molecule has 0 radical (unpaired) electrons. The highest BCUT2D eigenvalue weighted by Crippen LogP contribution is 2.61. The van der Waals surface area contributed by atoms with Gasteiger partial charge in [0.1, 0.15) is 0 Å².